The van der Waals surface area contributed by atoms with Gasteiger partial charge in [-0.2, -0.15) is 5.26 Å². The minimum Gasteiger partial charge on any atom is -0.497 e. The van der Waals surface area contributed by atoms with E-state index >= 15 is 0 Å². The van der Waals surface area contributed by atoms with E-state index in [1.54, 1.807) is 19.2 Å². The molecule has 2 N–H and O–H groups in total. The minimum atomic E-state index is -0.409. The van der Waals surface area contributed by atoms with E-state index in [1.165, 1.54) is 11.8 Å². The van der Waals surface area contributed by atoms with Crippen LogP contribution >= 0.6 is 11.8 Å². The Balaban J connectivity index is 1.52. The first-order valence-electron chi connectivity index (χ1n) is 12.2. The molecular weight excluding hydrogens is 500 g/mol. The number of hydrogen-bond acceptors (Lipinski definition) is 8. The average Bonchev–Trinajstić information content (AvgIpc) is 3.32. The number of pyridine rings is 1. The Morgan fingerprint density at radius 2 is 1.97 bits per heavy atom. The molecular formula is C28H28N6O3S. The second-order valence-electron chi connectivity index (χ2n) is 9.72. The lowest BCUT2D eigenvalue weighted by molar-refractivity contribution is -0.113. The molecule has 2 aromatic carbocycles. The number of nitrogens with zero attached hydrogens (tertiary/aromatic N) is 4. The van der Waals surface area contributed by atoms with Crippen LogP contribution < -0.4 is 15.4 Å². The number of anilines is 3. The Morgan fingerprint density at radius 3 is 2.71 bits per heavy atom. The van der Waals surface area contributed by atoms with Crippen LogP contribution in [0.5, 0.6) is 5.75 Å². The first-order valence-corrected chi connectivity index (χ1v) is 13.1. The number of rotatable bonds is 7. The summed E-state index contributed by atoms with van der Waals surface area (Å²) in [5.74, 6) is 1.13. The van der Waals surface area contributed by atoms with Crippen molar-refractivity contribution in [2.45, 2.75) is 44.6 Å². The van der Waals surface area contributed by atoms with Crippen LogP contribution in [0.4, 0.5) is 17.2 Å². The molecule has 0 aliphatic carbocycles. The summed E-state index contributed by atoms with van der Waals surface area (Å²) in [6, 6.07) is 17.5. The van der Waals surface area contributed by atoms with Crippen molar-refractivity contribution in [3.63, 3.8) is 0 Å². The van der Waals surface area contributed by atoms with Gasteiger partial charge in [-0.15, -0.1) is 10.2 Å². The summed E-state index contributed by atoms with van der Waals surface area (Å²) >= 11 is 1.25. The fraction of sp³-hybridized carbons (Fsp3) is 0.286. The van der Waals surface area contributed by atoms with E-state index in [4.69, 9.17) is 9.47 Å². The largest absolute Gasteiger partial charge is 0.497 e. The number of nitrogens with one attached hydrogen (secondary N) is 2. The van der Waals surface area contributed by atoms with Gasteiger partial charge in [0.1, 0.15) is 17.6 Å². The van der Waals surface area contributed by atoms with E-state index in [2.05, 4.69) is 26.9 Å². The maximum Gasteiger partial charge on any atom is 0.234 e. The van der Waals surface area contributed by atoms with Crippen LogP contribution in [0.2, 0.25) is 0 Å². The molecule has 194 valence electrons. The van der Waals surface area contributed by atoms with Crippen LogP contribution in [-0.2, 0) is 22.6 Å². The van der Waals surface area contributed by atoms with Crippen molar-refractivity contribution in [3.05, 3.63) is 70.8 Å². The highest BCUT2D eigenvalue weighted by molar-refractivity contribution is 7.99. The molecule has 0 fully saturated rings. The number of thioether (sulfide) groups is 1. The molecule has 4 aromatic rings. The number of fused-ring (bicyclic) bond motifs is 3. The molecule has 9 nitrogen and oxygen atoms in total. The smallest absolute Gasteiger partial charge is 0.234 e. The Kier molecular flexibility index (Phi) is 6.97. The third-order valence-electron chi connectivity index (χ3n) is 6.35. The van der Waals surface area contributed by atoms with E-state index in [1.807, 2.05) is 61.6 Å². The number of amides is 1. The van der Waals surface area contributed by atoms with Crippen molar-refractivity contribution >= 4 is 40.5 Å². The predicted molar refractivity (Wildman–Crippen MR) is 147 cm³/mol. The van der Waals surface area contributed by atoms with Crippen LogP contribution in [0.25, 0.3) is 5.65 Å². The van der Waals surface area contributed by atoms with Crippen molar-refractivity contribution in [2.75, 3.05) is 23.5 Å². The number of carbonyl (C=O) groups is 1. The summed E-state index contributed by atoms with van der Waals surface area (Å²) in [5.41, 5.74) is 5.08. The Morgan fingerprint density at radius 1 is 1.18 bits per heavy atom. The van der Waals surface area contributed by atoms with Gasteiger partial charge in [0.15, 0.2) is 10.8 Å². The molecule has 10 heteroatoms. The number of ether oxygens (including phenoxy) is 2. The fourth-order valence-electron chi connectivity index (χ4n) is 4.43. The number of hydrogen-bond donors (Lipinski definition) is 2. The van der Waals surface area contributed by atoms with E-state index in [-0.39, 0.29) is 11.7 Å². The molecule has 5 rings (SSSR count). The van der Waals surface area contributed by atoms with Gasteiger partial charge in [0.05, 0.1) is 30.6 Å². The van der Waals surface area contributed by atoms with Gasteiger partial charge < -0.3 is 20.1 Å². The van der Waals surface area contributed by atoms with E-state index < -0.39 is 5.60 Å². The van der Waals surface area contributed by atoms with Gasteiger partial charge in [-0.25, -0.2) is 0 Å². The van der Waals surface area contributed by atoms with Gasteiger partial charge in [0, 0.05) is 29.4 Å². The van der Waals surface area contributed by atoms with Crippen LogP contribution in [0.15, 0.2) is 53.7 Å². The molecule has 1 amide bonds. The highest BCUT2D eigenvalue weighted by Gasteiger charge is 2.33. The summed E-state index contributed by atoms with van der Waals surface area (Å²) in [6.45, 7) is 6.38. The molecule has 0 saturated heterocycles. The molecule has 1 aliphatic rings. The SMILES string of the molecule is COc1cccc(NC(=O)CSc2nnc3c4c(c(C#N)c(Nc5ccc(C)cc5)n23)CC(C)(C)OC4)c1. The Hall–Kier alpha value is -4.07. The molecule has 2 aromatic heterocycles. The minimum absolute atomic E-state index is 0.102. The number of methoxy groups -OCH3 is 1. The van der Waals surface area contributed by atoms with Crippen LogP contribution in [0.3, 0.4) is 0 Å². The van der Waals surface area contributed by atoms with E-state index in [0.29, 0.717) is 46.6 Å². The standard InChI is InChI=1S/C28H28N6O3S/c1-17-8-10-18(11-9-17)31-25-22(14-29)21-13-28(2,3)37-15-23(21)26-32-33-27(34(25)26)38-16-24(35)30-19-6-5-7-20(12-19)36-4/h5-12,31H,13,15-16H2,1-4H3,(H,30,35). The monoisotopic (exact) mass is 528 g/mol. The molecule has 0 bridgehead atoms. The van der Waals surface area contributed by atoms with Crippen LogP contribution in [-0.4, -0.2) is 39.0 Å². The number of aromatic nitrogens is 3. The van der Waals surface area contributed by atoms with Gasteiger partial charge >= 0.3 is 0 Å². The normalized spacial score (nSPS) is 14.0. The lowest BCUT2D eigenvalue weighted by Gasteiger charge is -2.33. The van der Waals surface area contributed by atoms with Crippen LogP contribution in [0, 0.1) is 18.3 Å². The maximum absolute atomic E-state index is 12.8. The molecule has 0 unspecified atom stereocenters. The van der Waals surface area contributed by atoms with Gasteiger partial charge in [0.2, 0.25) is 5.91 Å². The first kappa shape index (κ1) is 25.6. The first-order chi connectivity index (χ1) is 18.3. The number of benzene rings is 2. The quantitative estimate of drug-likeness (QED) is 0.313. The zero-order valence-corrected chi connectivity index (χ0v) is 22.5. The summed E-state index contributed by atoms with van der Waals surface area (Å²) in [4.78, 5) is 12.8. The van der Waals surface area contributed by atoms with Gasteiger partial charge in [-0.3, -0.25) is 9.20 Å². The molecule has 0 atom stereocenters. The average molecular weight is 529 g/mol. The number of aryl methyl sites for hydroxylation is 1. The number of nitriles is 1. The second kappa shape index (κ2) is 10.4. The molecule has 38 heavy (non-hydrogen) atoms. The molecule has 0 spiro atoms. The third-order valence-corrected chi connectivity index (χ3v) is 7.28. The van der Waals surface area contributed by atoms with Crippen molar-refractivity contribution in [2.24, 2.45) is 0 Å². The third kappa shape index (κ3) is 5.16. The zero-order valence-electron chi connectivity index (χ0n) is 21.7. The van der Waals surface area contributed by atoms with Crippen molar-refractivity contribution in [3.8, 4) is 11.8 Å². The van der Waals surface area contributed by atoms with Gasteiger partial charge in [-0.1, -0.05) is 35.5 Å². The highest BCUT2D eigenvalue weighted by Crippen LogP contribution is 2.38. The summed E-state index contributed by atoms with van der Waals surface area (Å²) in [6.07, 6.45) is 0.572. The molecule has 0 radical (unpaired) electrons. The molecule has 1 aliphatic heterocycles. The molecule has 0 saturated carbocycles. The predicted octanol–water partition coefficient (Wildman–Crippen LogP) is 5.24. The lowest BCUT2D eigenvalue weighted by Crippen LogP contribution is -2.33. The highest BCUT2D eigenvalue weighted by atomic mass is 32.2. The second-order valence-corrected chi connectivity index (χ2v) is 10.7. The van der Waals surface area contributed by atoms with Gasteiger partial charge in [0.25, 0.3) is 0 Å². The van der Waals surface area contributed by atoms with E-state index in [0.717, 1.165) is 22.4 Å². The maximum atomic E-state index is 12.8. The number of carbonyl (C=O) groups excluding carboxylic acids is 1. The van der Waals surface area contributed by atoms with E-state index in [9.17, 15) is 10.1 Å². The Bertz CT molecular complexity index is 1560. The topological polar surface area (TPSA) is 114 Å². The summed E-state index contributed by atoms with van der Waals surface area (Å²) < 4.78 is 13.1. The van der Waals surface area contributed by atoms with Gasteiger partial charge in [-0.05, 0) is 50.6 Å². The molecule has 3 heterocycles. The van der Waals surface area contributed by atoms with Crippen LogP contribution in [0.1, 0.15) is 36.1 Å². The summed E-state index contributed by atoms with van der Waals surface area (Å²) in [7, 11) is 1.58. The lowest BCUT2D eigenvalue weighted by atomic mass is 9.89. The fourth-order valence-corrected chi connectivity index (χ4v) is 5.17. The zero-order chi connectivity index (χ0) is 26.9. The van der Waals surface area contributed by atoms with Crippen molar-refractivity contribution in [1.82, 2.24) is 14.6 Å². The van der Waals surface area contributed by atoms with Crippen molar-refractivity contribution < 1.29 is 14.3 Å². The summed E-state index contributed by atoms with van der Waals surface area (Å²) in [5, 5.41) is 26.0. The van der Waals surface area contributed by atoms with Crippen molar-refractivity contribution in [1.29, 1.82) is 5.26 Å². The Labute approximate surface area is 225 Å².